The number of ether oxygens (including phenoxy) is 1. The third-order valence-electron chi connectivity index (χ3n) is 3.39. The van der Waals surface area contributed by atoms with E-state index in [9.17, 15) is 14.9 Å². The van der Waals surface area contributed by atoms with Gasteiger partial charge in [0, 0.05) is 24.2 Å². The molecule has 0 atom stereocenters. The predicted octanol–water partition coefficient (Wildman–Crippen LogP) is 4.00. The number of nitro groups is 1. The lowest BCUT2D eigenvalue weighted by Crippen LogP contribution is -2.16. The Morgan fingerprint density at radius 3 is 2.48 bits per heavy atom. The van der Waals surface area contributed by atoms with Crippen LogP contribution in [0.4, 0.5) is 16.2 Å². The van der Waals surface area contributed by atoms with Gasteiger partial charge in [-0.1, -0.05) is 29.8 Å². The highest BCUT2D eigenvalue weighted by atomic mass is 16.6. The SMILES string of the molecule is Cc1ccc(NC(=O)OCCc2ccc([N+](=O)[O-])cc2)c(C)c1. The molecule has 120 valence electrons. The molecule has 1 N–H and O–H groups in total. The Morgan fingerprint density at radius 2 is 1.87 bits per heavy atom. The molecule has 2 aromatic rings. The molecule has 0 bridgehead atoms. The maximum absolute atomic E-state index is 11.8. The number of nitrogens with one attached hydrogen (secondary N) is 1. The number of aryl methyl sites for hydroxylation is 2. The summed E-state index contributed by atoms with van der Waals surface area (Å²) in [5.74, 6) is 0. The molecular weight excluding hydrogens is 296 g/mol. The van der Waals surface area contributed by atoms with E-state index in [0.29, 0.717) is 6.42 Å². The van der Waals surface area contributed by atoms with Gasteiger partial charge in [0.05, 0.1) is 11.5 Å². The molecule has 0 aliphatic carbocycles. The van der Waals surface area contributed by atoms with Crippen molar-refractivity contribution in [1.29, 1.82) is 0 Å². The molecule has 23 heavy (non-hydrogen) atoms. The first-order chi connectivity index (χ1) is 11.0. The lowest BCUT2D eigenvalue weighted by molar-refractivity contribution is -0.384. The van der Waals surface area contributed by atoms with Crippen LogP contribution in [0.25, 0.3) is 0 Å². The summed E-state index contributed by atoms with van der Waals surface area (Å²) in [5.41, 5.74) is 3.73. The summed E-state index contributed by atoms with van der Waals surface area (Å²) >= 11 is 0. The average molecular weight is 314 g/mol. The molecule has 0 heterocycles. The number of nitro benzene ring substituents is 1. The first-order valence-electron chi connectivity index (χ1n) is 7.20. The Hall–Kier alpha value is -2.89. The normalized spacial score (nSPS) is 10.2. The topological polar surface area (TPSA) is 81.5 Å². The van der Waals surface area contributed by atoms with E-state index in [1.807, 2.05) is 32.0 Å². The molecule has 2 rings (SSSR count). The van der Waals surface area contributed by atoms with Crippen molar-refractivity contribution in [3.05, 3.63) is 69.3 Å². The van der Waals surface area contributed by atoms with Crippen LogP contribution in [0.2, 0.25) is 0 Å². The van der Waals surface area contributed by atoms with Crippen molar-refractivity contribution >= 4 is 17.5 Å². The highest BCUT2D eigenvalue weighted by Gasteiger charge is 2.07. The molecule has 1 amide bonds. The fraction of sp³-hybridized carbons (Fsp3) is 0.235. The van der Waals surface area contributed by atoms with Gasteiger partial charge in [-0.2, -0.15) is 0 Å². The van der Waals surface area contributed by atoms with E-state index >= 15 is 0 Å². The summed E-state index contributed by atoms with van der Waals surface area (Å²) in [6.07, 6.45) is -0.0166. The third-order valence-corrected chi connectivity index (χ3v) is 3.39. The summed E-state index contributed by atoms with van der Waals surface area (Å²) in [7, 11) is 0. The Morgan fingerprint density at radius 1 is 1.17 bits per heavy atom. The zero-order valence-corrected chi connectivity index (χ0v) is 13.0. The van der Waals surface area contributed by atoms with Crippen molar-refractivity contribution in [3.63, 3.8) is 0 Å². The van der Waals surface area contributed by atoms with Crippen LogP contribution < -0.4 is 5.32 Å². The molecule has 0 saturated heterocycles. The van der Waals surface area contributed by atoms with Crippen LogP contribution in [0.3, 0.4) is 0 Å². The Kier molecular flexibility index (Phi) is 5.30. The number of amides is 1. The van der Waals surface area contributed by atoms with Crippen molar-refractivity contribution in [1.82, 2.24) is 0 Å². The summed E-state index contributed by atoms with van der Waals surface area (Å²) in [6, 6.07) is 11.9. The molecule has 0 saturated carbocycles. The second kappa shape index (κ2) is 7.40. The van der Waals surface area contributed by atoms with Gasteiger partial charge in [0.15, 0.2) is 0 Å². The van der Waals surface area contributed by atoms with Crippen LogP contribution in [0.5, 0.6) is 0 Å². The van der Waals surface area contributed by atoms with Crippen LogP contribution in [0.1, 0.15) is 16.7 Å². The number of carbonyl (C=O) groups is 1. The molecule has 0 aliphatic rings. The van der Waals surface area contributed by atoms with Crippen LogP contribution in [-0.4, -0.2) is 17.6 Å². The maximum atomic E-state index is 11.8. The second-order valence-corrected chi connectivity index (χ2v) is 5.25. The summed E-state index contributed by atoms with van der Waals surface area (Å²) in [4.78, 5) is 21.9. The molecule has 2 aromatic carbocycles. The minimum Gasteiger partial charge on any atom is -0.449 e. The minimum absolute atomic E-state index is 0.0438. The molecule has 6 nitrogen and oxygen atoms in total. The summed E-state index contributed by atoms with van der Waals surface area (Å²) < 4.78 is 5.13. The first-order valence-corrected chi connectivity index (χ1v) is 7.20. The first kappa shape index (κ1) is 16.5. The summed E-state index contributed by atoms with van der Waals surface area (Å²) in [5, 5.41) is 13.3. The fourth-order valence-electron chi connectivity index (χ4n) is 2.15. The van der Waals surface area contributed by atoms with Crippen molar-refractivity contribution in [2.24, 2.45) is 0 Å². The van der Waals surface area contributed by atoms with Gasteiger partial charge in [0.25, 0.3) is 5.69 Å². The van der Waals surface area contributed by atoms with E-state index in [0.717, 1.165) is 22.4 Å². The molecule has 0 aliphatic heterocycles. The van der Waals surface area contributed by atoms with Crippen LogP contribution in [0, 0.1) is 24.0 Å². The van der Waals surface area contributed by atoms with E-state index in [4.69, 9.17) is 4.74 Å². The van der Waals surface area contributed by atoms with Crippen molar-refractivity contribution in [3.8, 4) is 0 Å². The van der Waals surface area contributed by atoms with Gasteiger partial charge in [-0.25, -0.2) is 4.79 Å². The molecule has 0 spiro atoms. The highest BCUT2D eigenvalue weighted by molar-refractivity contribution is 5.85. The molecular formula is C17H18N2O4. The van der Waals surface area contributed by atoms with E-state index in [1.165, 1.54) is 12.1 Å². The third kappa shape index (κ3) is 4.81. The largest absolute Gasteiger partial charge is 0.449 e. The maximum Gasteiger partial charge on any atom is 0.411 e. The lowest BCUT2D eigenvalue weighted by Gasteiger charge is -2.10. The quantitative estimate of drug-likeness (QED) is 0.668. The Bertz CT molecular complexity index is 711. The number of anilines is 1. The molecule has 0 unspecified atom stereocenters. The number of carbonyl (C=O) groups excluding carboxylic acids is 1. The van der Waals surface area contributed by atoms with Crippen molar-refractivity contribution < 1.29 is 14.5 Å². The smallest absolute Gasteiger partial charge is 0.411 e. The van der Waals surface area contributed by atoms with E-state index in [2.05, 4.69) is 5.32 Å². The number of non-ortho nitro benzene ring substituents is 1. The van der Waals surface area contributed by atoms with Gasteiger partial charge in [-0.05, 0) is 31.0 Å². The van der Waals surface area contributed by atoms with Crippen LogP contribution in [0.15, 0.2) is 42.5 Å². The van der Waals surface area contributed by atoms with Crippen molar-refractivity contribution in [2.75, 3.05) is 11.9 Å². The number of nitrogens with zero attached hydrogens (tertiary/aromatic N) is 1. The number of benzene rings is 2. The molecule has 0 radical (unpaired) electrons. The van der Waals surface area contributed by atoms with E-state index in [-0.39, 0.29) is 12.3 Å². The predicted molar refractivity (Wildman–Crippen MR) is 87.7 cm³/mol. The van der Waals surface area contributed by atoms with Gasteiger partial charge >= 0.3 is 6.09 Å². The van der Waals surface area contributed by atoms with Gasteiger partial charge in [0.1, 0.15) is 0 Å². The van der Waals surface area contributed by atoms with Gasteiger partial charge in [0.2, 0.25) is 0 Å². The van der Waals surface area contributed by atoms with Crippen LogP contribution in [-0.2, 0) is 11.2 Å². The zero-order chi connectivity index (χ0) is 16.8. The highest BCUT2D eigenvalue weighted by Crippen LogP contribution is 2.16. The fourth-order valence-corrected chi connectivity index (χ4v) is 2.15. The number of hydrogen-bond donors (Lipinski definition) is 1. The van der Waals surface area contributed by atoms with Crippen LogP contribution >= 0.6 is 0 Å². The van der Waals surface area contributed by atoms with E-state index in [1.54, 1.807) is 12.1 Å². The summed E-state index contributed by atoms with van der Waals surface area (Å²) in [6.45, 7) is 4.10. The zero-order valence-electron chi connectivity index (χ0n) is 13.0. The van der Waals surface area contributed by atoms with Gasteiger partial charge < -0.3 is 4.74 Å². The number of rotatable bonds is 5. The minimum atomic E-state index is -0.515. The number of hydrogen-bond acceptors (Lipinski definition) is 4. The molecule has 0 aromatic heterocycles. The van der Waals surface area contributed by atoms with E-state index < -0.39 is 11.0 Å². The Labute approximate surface area is 134 Å². The monoisotopic (exact) mass is 314 g/mol. The van der Waals surface area contributed by atoms with Gasteiger partial charge in [-0.15, -0.1) is 0 Å². The standard InChI is InChI=1S/C17H18N2O4/c1-12-3-8-16(13(2)11-12)18-17(20)23-10-9-14-4-6-15(7-5-14)19(21)22/h3-8,11H,9-10H2,1-2H3,(H,18,20). The molecule has 6 heteroatoms. The average Bonchev–Trinajstić information content (AvgIpc) is 2.50. The Balaban J connectivity index is 1.81. The second-order valence-electron chi connectivity index (χ2n) is 5.25. The van der Waals surface area contributed by atoms with Gasteiger partial charge in [-0.3, -0.25) is 15.4 Å². The lowest BCUT2D eigenvalue weighted by atomic mass is 10.1. The molecule has 0 fully saturated rings. The van der Waals surface area contributed by atoms with Crippen molar-refractivity contribution in [2.45, 2.75) is 20.3 Å².